The van der Waals surface area contributed by atoms with Gasteiger partial charge in [0.05, 0.1) is 45.8 Å². The number of fused-ring (bicyclic) bond motifs is 2. The van der Waals surface area contributed by atoms with E-state index in [9.17, 15) is 14.9 Å². The highest BCUT2D eigenvalue weighted by atomic mass is 35.5. The molecular weight excluding hydrogens is 530 g/mol. The summed E-state index contributed by atoms with van der Waals surface area (Å²) in [6, 6.07) is 13.1. The van der Waals surface area contributed by atoms with E-state index in [0.717, 1.165) is 35.5 Å². The van der Waals surface area contributed by atoms with Crippen molar-refractivity contribution in [3.05, 3.63) is 70.7 Å². The van der Waals surface area contributed by atoms with Crippen LogP contribution in [0.3, 0.4) is 0 Å². The van der Waals surface area contributed by atoms with E-state index >= 15 is 0 Å². The maximum Gasteiger partial charge on any atom is 0.258 e. The molecule has 0 saturated carbocycles. The number of hydrogen-bond donors (Lipinski definition) is 3. The highest BCUT2D eigenvalue weighted by Gasteiger charge is 2.25. The van der Waals surface area contributed by atoms with Gasteiger partial charge < -0.3 is 20.5 Å². The van der Waals surface area contributed by atoms with Crippen LogP contribution in [0.2, 0.25) is 0 Å². The minimum Gasteiger partial charge on any atom is -0.370 e. The van der Waals surface area contributed by atoms with Crippen molar-refractivity contribution in [3.63, 3.8) is 0 Å². The molecule has 0 atom stereocenters. The minimum absolute atomic E-state index is 0.153. The molecular formula is C28H30ClN9O2. The first-order valence-corrected chi connectivity index (χ1v) is 13.4. The van der Waals surface area contributed by atoms with Gasteiger partial charge in [-0.3, -0.25) is 14.9 Å². The zero-order valence-corrected chi connectivity index (χ0v) is 23.3. The molecule has 0 spiro atoms. The summed E-state index contributed by atoms with van der Waals surface area (Å²) in [6.07, 6.45) is 5.88. The molecule has 206 valence electrons. The maximum atomic E-state index is 10.9. The fourth-order valence-electron chi connectivity index (χ4n) is 4.72. The van der Waals surface area contributed by atoms with Crippen molar-refractivity contribution in [2.45, 2.75) is 26.3 Å². The van der Waals surface area contributed by atoms with E-state index in [-0.39, 0.29) is 17.8 Å². The number of nitrogens with zero attached hydrogens (tertiary/aromatic N) is 6. The third kappa shape index (κ3) is 5.82. The lowest BCUT2D eigenvalue weighted by atomic mass is 10.1. The predicted molar refractivity (Wildman–Crippen MR) is 155 cm³/mol. The SMILES string of the molecule is CCl.Cc1nc(N)nc(NCc2nc3ccn(C)c3cc2N2CCCC2)c1C#N.O=C1NC(=O)c2ccccc21. The first kappa shape index (κ1) is 28.3. The van der Waals surface area contributed by atoms with Crippen LogP contribution in [0, 0.1) is 18.3 Å². The van der Waals surface area contributed by atoms with Gasteiger partial charge in [0, 0.05) is 32.7 Å². The molecule has 0 radical (unpaired) electrons. The summed E-state index contributed by atoms with van der Waals surface area (Å²) < 4.78 is 2.08. The predicted octanol–water partition coefficient (Wildman–Crippen LogP) is 3.76. The van der Waals surface area contributed by atoms with Crippen molar-refractivity contribution >= 4 is 51.9 Å². The average Bonchev–Trinajstić information content (AvgIpc) is 3.69. The number of imide groups is 1. The van der Waals surface area contributed by atoms with Gasteiger partial charge >= 0.3 is 0 Å². The second-order valence-electron chi connectivity index (χ2n) is 9.16. The lowest BCUT2D eigenvalue weighted by Gasteiger charge is -2.21. The number of aromatic nitrogens is 4. The Bertz CT molecular complexity index is 1570. The smallest absolute Gasteiger partial charge is 0.258 e. The number of carbonyl (C=O) groups is 2. The molecule has 4 N–H and O–H groups in total. The van der Waals surface area contributed by atoms with Crippen LogP contribution in [0.25, 0.3) is 11.0 Å². The van der Waals surface area contributed by atoms with E-state index in [1.54, 1.807) is 31.2 Å². The van der Waals surface area contributed by atoms with Gasteiger partial charge in [0.2, 0.25) is 5.95 Å². The molecule has 1 aromatic carbocycles. The Labute approximate surface area is 237 Å². The zero-order valence-electron chi connectivity index (χ0n) is 22.5. The lowest BCUT2D eigenvalue weighted by Crippen LogP contribution is -2.21. The van der Waals surface area contributed by atoms with Crippen molar-refractivity contribution in [1.82, 2.24) is 24.8 Å². The van der Waals surface area contributed by atoms with Crippen LogP contribution >= 0.6 is 11.6 Å². The van der Waals surface area contributed by atoms with E-state index in [0.29, 0.717) is 34.7 Å². The van der Waals surface area contributed by atoms with Crippen molar-refractivity contribution in [2.24, 2.45) is 7.05 Å². The van der Waals surface area contributed by atoms with Gasteiger partial charge in [-0.05, 0) is 44.0 Å². The van der Waals surface area contributed by atoms with Gasteiger partial charge in [-0.2, -0.15) is 10.2 Å². The second-order valence-corrected chi connectivity index (χ2v) is 9.16. The van der Waals surface area contributed by atoms with Gasteiger partial charge in [0.1, 0.15) is 17.5 Å². The van der Waals surface area contributed by atoms with Crippen molar-refractivity contribution in [1.29, 1.82) is 5.26 Å². The molecule has 0 aliphatic carbocycles. The zero-order chi connectivity index (χ0) is 28.8. The number of hydrogen-bond acceptors (Lipinski definition) is 9. The summed E-state index contributed by atoms with van der Waals surface area (Å²) in [5.41, 5.74) is 11.8. The molecule has 0 unspecified atom stereocenters. The van der Waals surface area contributed by atoms with Crippen LogP contribution in [0.1, 0.15) is 50.5 Å². The molecule has 0 bridgehead atoms. The van der Waals surface area contributed by atoms with Crippen LogP contribution in [0.15, 0.2) is 42.6 Å². The van der Waals surface area contributed by atoms with Crippen LogP contribution < -0.4 is 21.3 Å². The molecule has 4 aromatic rings. The van der Waals surface area contributed by atoms with E-state index in [2.05, 4.69) is 53.8 Å². The maximum absolute atomic E-state index is 10.9. The Morgan fingerprint density at radius 1 is 1.07 bits per heavy atom. The number of nitriles is 1. The molecule has 2 aliphatic rings. The number of alkyl halides is 1. The van der Waals surface area contributed by atoms with E-state index in [1.165, 1.54) is 19.2 Å². The Morgan fingerprint density at radius 3 is 2.35 bits per heavy atom. The molecule has 12 heteroatoms. The summed E-state index contributed by atoms with van der Waals surface area (Å²) >= 11 is 4.64. The molecule has 5 heterocycles. The van der Waals surface area contributed by atoms with E-state index in [4.69, 9.17) is 10.7 Å². The highest BCUT2D eigenvalue weighted by molar-refractivity contribution is 6.21. The minimum atomic E-state index is -0.300. The largest absolute Gasteiger partial charge is 0.370 e. The Balaban J connectivity index is 0.000000236. The van der Waals surface area contributed by atoms with Crippen molar-refractivity contribution in [2.75, 3.05) is 35.4 Å². The number of amides is 2. The molecule has 2 aliphatic heterocycles. The summed E-state index contributed by atoms with van der Waals surface area (Å²) in [7, 11) is 2.03. The molecule has 40 heavy (non-hydrogen) atoms. The van der Waals surface area contributed by atoms with E-state index < -0.39 is 0 Å². The molecule has 1 fully saturated rings. The number of nitrogens with one attached hydrogen (secondary N) is 2. The van der Waals surface area contributed by atoms with Gasteiger partial charge in [-0.15, -0.1) is 11.6 Å². The van der Waals surface area contributed by atoms with Crippen LogP contribution in [0.5, 0.6) is 0 Å². The van der Waals surface area contributed by atoms with Gasteiger partial charge in [-0.25, -0.2) is 9.97 Å². The van der Waals surface area contributed by atoms with Gasteiger partial charge in [0.15, 0.2) is 0 Å². The molecule has 11 nitrogen and oxygen atoms in total. The average molecular weight is 560 g/mol. The number of anilines is 3. The Kier molecular flexibility index (Phi) is 8.81. The third-order valence-corrected chi connectivity index (χ3v) is 6.66. The second kappa shape index (κ2) is 12.4. The number of nitrogen functional groups attached to an aromatic ring is 1. The van der Waals surface area contributed by atoms with E-state index in [1.807, 2.05) is 19.3 Å². The number of rotatable bonds is 4. The normalized spacial score (nSPS) is 13.5. The first-order chi connectivity index (χ1) is 19.4. The quantitative estimate of drug-likeness (QED) is 0.250. The fourth-order valence-corrected chi connectivity index (χ4v) is 4.72. The summed E-state index contributed by atoms with van der Waals surface area (Å²) in [6.45, 7) is 4.29. The summed E-state index contributed by atoms with van der Waals surface area (Å²) in [4.78, 5) is 37.4. The molecule has 6 rings (SSSR count). The topological polar surface area (TPSA) is 155 Å². The number of benzene rings is 1. The number of carbonyl (C=O) groups excluding carboxylic acids is 2. The number of aryl methyl sites for hydroxylation is 2. The van der Waals surface area contributed by atoms with Crippen LogP contribution in [-0.2, 0) is 13.6 Å². The van der Waals surface area contributed by atoms with Crippen LogP contribution in [0.4, 0.5) is 17.5 Å². The fraction of sp³-hybridized carbons (Fsp3) is 0.286. The highest BCUT2D eigenvalue weighted by Crippen LogP contribution is 2.29. The summed E-state index contributed by atoms with van der Waals surface area (Å²) in [5, 5.41) is 14.9. The monoisotopic (exact) mass is 559 g/mol. The molecule has 1 saturated heterocycles. The number of nitrogens with two attached hydrogens (primary N) is 1. The summed E-state index contributed by atoms with van der Waals surface area (Å²) in [5.74, 6) is 0.00117. The third-order valence-electron chi connectivity index (χ3n) is 6.66. The molecule has 3 aromatic heterocycles. The first-order valence-electron chi connectivity index (χ1n) is 12.7. The molecule has 2 amide bonds. The number of pyridine rings is 1. The van der Waals surface area contributed by atoms with Crippen molar-refractivity contribution in [3.8, 4) is 6.07 Å². The van der Waals surface area contributed by atoms with Gasteiger partial charge in [-0.1, -0.05) is 12.1 Å². The lowest BCUT2D eigenvalue weighted by molar-refractivity contribution is 0.0879. The number of halogens is 1. The van der Waals surface area contributed by atoms with Crippen molar-refractivity contribution < 1.29 is 9.59 Å². The standard InChI is InChI=1S/C19H22N8.C8H5NO2.CH3Cl/c1-12-13(10-20)18(25-19(21)23-12)22-11-15-17(27-6-3-4-7-27)9-16-14(24-15)5-8-26(16)2;10-7-5-3-1-2-4-6(5)8(11)9-7;1-2/h5,8-9H,3-4,6-7,11H2,1-2H3,(H3,21,22,23,25);1-4H,(H,9,10,11);1H3. The Morgan fingerprint density at radius 2 is 1.73 bits per heavy atom. The van der Waals surface area contributed by atoms with Gasteiger partial charge in [0.25, 0.3) is 11.8 Å². The Hall–Kier alpha value is -4.69. The van der Waals surface area contributed by atoms with Crippen LogP contribution in [-0.4, -0.2) is 50.8 Å².